The van der Waals surface area contributed by atoms with Crippen molar-refractivity contribution in [3.8, 4) is 0 Å². The van der Waals surface area contributed by atoms with Crippen LogP contribution in [0.25, 0.3) is 0 Å². The Labute approximate surface area is 197 Å². The van der Waals surface area contributed by atoms with Crippen molar-refractivity contribution in [1.82, 2.24) is 15.6 Å². The molecule has 2 aliphatic heterocycles. The maximum absolute atomic E-state index is 13.3. The predicted octanol–water partition coefficient (Wildman–Crippen LogP) is 3.89. The molecule has 2 N–H and O–H groups in total. The lowest BCUT2D eigenvalue weighted by molar-refractivity contribution is -0.115. The van der Waals surface area contributed by atoms with Crippen molar-refractivity contribution in [2.24, 2.45) is 0 Å². The number of nitrogens with zero attached hydrogens (tertiary/aromatic N) is 2. The molecule has 1 aliphatic carbocycles. The van der Waals surface area contributed by atoms with E-state index in [2.05, 4.69) is 45.7 Å². The minimum atomic E-state index is -0.153. The Morgan fingerprint density at radius 1 is 1.15 bits per heavy atom. The molecule has 0 radical (unpaired) electrons. The smallest absolute Gasteiger partial charge is 0.253 e. The molecule has 3 aliphatic rings. The van der Waals surface area contributed by atoms with Gasteiger partial charge in [-0.1, -0.05) is 23.8 Å². The summed E-state index contributed by atoms with van der Waals surface area (Å²) in [5.74, 6) is -0.0230. The summed E-state index contributed by atoms with van der Waals surface area (Å²) in [6, 6.07) is 0.448. The van der Waals surface area contributed by atoms with Crippen molar-refractivity contribution >= 4 is 17.4 Å². The zero-order valence-electron chi connectivity index (χ0n) is 20.0. The summed E-state index contributed by atoms with van der Waals surface area (Å²) in [7, 11) is 0. The Kier molecular flexibility index (Phi) is 7.76. The standard InChI is InChI=1S/C27H36N4O2/c1-3-31(21-10-12-28-13-11-21)25-18-29-16-24-22(25)9-7-5-4-6-8-20-14-19(2)15-26(32)23(20)17-30-27(24)33/h5,7,14,16,18,21,28H,3-4,6,8-13,15,17H2,1-2H3,(H,30,33)/b7-5+. The number of carbonyl (C=O) groups is 2. The van der Waals surface area contributed by atoms with E-state index in [4.69, 9.17) is 0 Å². The van der Waals surface area contributed by atoms with Crippen LogP contribution in [-0.2, 0) is 11.2 Å². The number of amides is 1. The highest BCUT2D eigenvalue weighted by atomic mass is 16.2. The fourth-order valence-electron chi connectivity index (χ4n) is 5.28. The van der Waals surface area contributed by atoms with Gasteiger partial charge in [0.05, 0.1) is 17.4 Å². The van der Waals surface area contributed by atoms with Gasteiger partial charge in [0, 0.05) is 37.3 Å². The molecule has 0 aromatic carbocycles. The van der Waals surface area contributed by atoms with Gasteiger partial charge in [-0.15, -0.1) is 0 Å². The minimum absolute atomic E-state index is 0.130. The predicted molar refractivity (Wildman–Crippen MR) is 133 cm³/mol. The quantitative estimate of drug-likeness (QED) is 0.687. The van der Waals surface area contributed by atoms with Crippen molar-refractivity contribution in [2.45, 2.75) is 64.8 Å². The molecule has 1 amide bonds. The lowest BCUT2D eigenvalue weighted by atomic mass is 9.89. The number of pyridine rings is 1. The molecule has 0 spiro atoms. The Bertz CT molecular complexity index is 986. The first-order chi connectivity index (χ1) is 16.1. The monoisotopic (exact) mass is 448 g/mol. The number of rotatable bonds is 3. The molecule has 4 rings (SSSR count). The summed E-state index contributed by atoms with van der Waals surface area (Å²) in [6.07, 6.45) is 16.3. The molecule has 0 bridgehead atoms. The molecular weight excluding hydrogens is 412 g/mol. The van der Waals surface area contributed by atoms with Gasteiger partial charge in [0.1, 0.15) is 0 Å². The van der Waals surface area contributed by atoms with Gasteiger partial charge in [-0.2, -0.15) is 0 Å². The summed E-state index contributed by atoms with van der Waals surface area (Å²) in [5.41, 5.74) is 5.63. The number of carbonyl (C=O) groups excluding carboxylic acids is 2. The van der Waals surface area contributed by atoms with Crippen LogP contribution in [-0.4, -0.2) is 48.9 Å². The molecule has 0 unspecified atom stereocenters. The fraction of sp³-hybridized carbons (Fsp3) is 0.519. The molecule has 176 valence electrons. The summed E-state index contributed by atoms with van der Waals surface area (Å²) in [4.78, 5) is 33.0. The number of anilines is 1. The SMILES string of the molecule is CCN(c1cncc2c1C/C=C/CCCC1=C(CNC2=O)C(=O)CC(C)=C1)C1CCNCC1. The van der Waals surface area contributed by atoms with Crippen molar-refractivity contribution < 1.29 is 9.59 Å². The van der Waals surface area contributed by atoms with Gasteiger partial charge in [-0.25, -0.2) is 0 Å². The molecule has 0 saturated carbocycles. The second kappa shape index (κ2) is 10.9. The van der Waals surface area contributed by atoms with E-state index in [9.17, 15) is 9.59 Å². The molecular formula is C27H36N4O2. The highest BCUT2D eigenvalue weighted by Crippen LogP contribution is 2.29. The lowest BCUT2D eigenvalue weighted by Crippen LogP contribution is -2.43. The third-order valence-corrected chi connectivity index (χ3v) is 6.99. The second-order valence-corrected chi connectivity index (χ2v) is 9.30. The zero-order valence-corrected chi connectivity index (χ0v) is 20.0. The van der Waals surface area contributed by atoms with Gasteiger partial charge < -0.3 is 15.5 Å². The van der Waals surface area contributed by atoms with Crippen LogP contribution in [0.3, 0.4) is 0 Å². The van der Waals surface area contributed by atoms with Crippen molar-refractivity contribution in [2.75, 3.05) is 31.1 Å². The molecule has 1 saturated heterocycles. The van der Waals surface area contributed by atoms with Gasteiger partial charge >= 0.3 is 0 Å². The second-order valence-electron chi connectivity index (χ2n) is 9.30. The number of hydrogen-bond acceptors (Lipinski definition) is 5. The molecule has 33 heavy (non-hydrogen) atoms. The van der Waals surface area contributed by atoms with Crippen LogP contribution in [0, 0.1) is 0 Å². The zero-order chi connectivity index (χ0) is 23.2. The molecule has 6 heteroatoms. The van der Waals surface area contributed by atoms with E-state index in [1.165, 1.54) is 0 Å². The Hall–Kier alpha value is -2.73. The van der Waals surface area contributed by atoms with Gasteiger partial charge in [0.2, 0.25) is 0 Å². The molecule has 0 atom stereocenters. The number of allylic oxidation sites excluding steroid dienone is 5. The van der Waals surface area contributed by atoms with E-state index in [0.29, 0.717) is 24.4 Å². The maximum Gasteiger partial charge on any atom is 0.253 e. The normalized spacial score (nSPS) is 21.6. The molecule has 6 nitrogen and oxygen atoms in total. The number of fused-ring (bicyclic) bond motifs is 1. The highest BCUT2D eigenvalue weighted by molar-refractivity contribution is 6.02. The lowest BCUT2D eigenvalue weighted by Gasteiger charge is -2.37. The average molecular weight is 449 g/mol. The summed E-state index contributed by atoms with van der Waals surface area (Å²) < 4.78 is 0. The van der Waals surface area contributed by atoms with Crippen LogP contribution in [0.4, 0.5) is 5.69 Å². The van der Waals surface area contributed by atoms with Crippen LogP contribution in [0.2, 0.25) is 0 Å². The Morgan fingerprint density at radius 3 is 2.76 bits per heavy atom. The third-order valence-electron chi connectivity index (χ3n) is 6.99. The molecule has 1 aromatic rings. The van der Waals surface area contributed by atoms with Crippen molar-refractivity contribution in [3.63, 3.8) is 0 Å². The van der Waals surface area contributed by atoms with Crippen LogP contribution < -0.4 is 15.5 Å². The van der Waals surface area contributed by atoms with Crippen LogP contribution in [0.1, 0.15) is 68.3 Å². The van der Waals surface area contributed by atoms with Gasteiger partial charge in [0.15, 0.2) is 5.78 Å². The van der Waals surface area contributed by atoms with E-state index in [-0.39, 0.29) is 18.2 Å². The first kappa shape index (κ1) is 23.4. The van der Waals surface area contributed by atoms with Crippen molar-refractivity contribution in [3.05, 3.63) is 58.5 Å². The number of aromatic nitrogens is 1. The van der Waals surface area contributed by atoms with Gasteiger partial charge in [-0.3, -0.25) is 14.6 Å². The van der Waals surface area contributed by atoms with Crippen molar-refractivity contribution in [1.29, 1.82) is 0 Å². The number of hydrogen-bond donors (Lipinski definition) is 2. The first-order valence-corrected chi connectivity index (χ1v) is 12.4. The highest BCUT2D eigenvalue weighted by Gasteiger charge is 2.26. The summed E-state index contributed by atoms with van der Waals surface area (Å²) in [6.45, 7) is 7.37. The van der Waals surface area contributed by atoms with E-state index in [1.807, 2.05) is 13.1 Å². The Morgan fingerprint density at radius 2 is 1.97 bits per heavy atom. The maximum atomic E-state index is 13.3. The average Bonchev–Trinajstić information content (AvgIpc) is 2.83. The molecule has 1 fully saturated rings. The van der Waals surface area contributed by atoms with Crippen LogP contribution >= 0.6 is 0 Å². The first-order valence-electron chi connectivity index (χ1n) is 12.4. The van der Waals surface area contributed by atoms with Crippen LogP contribution in [0.5, 0.6) is 0 Å². The minimum Gasteiger partial charge on any atom is -0.367 e. The largest absolute Gasteiger partial charge is 0.367 e. The van der Waals surface area contributed by atoms with Gasteiger partial charge in [-0.05, 0) is 76.6 Å². The number of Topliss-reactive ketones (excluding diaryl/α,β-unsaturated/α-hetero) is 1. The van der Waals surface area contributed by atoms with E-state index >= 15 is 0 Å². The fourth-order valence-corrected chi connectivity index (χ4v) is 5.28. The van der Waals surface area contributed by atoms with Gasteiger partial charge in [0.25, 0.3) is 5.91 Å². The number of piperidine rings is 1. The summed E-state index contributed by atoms with van der Waals surface area (Å²) in [5, 5.41) is 6.49. The molecule has 3 heterocycles. The van der Waals surface area contributed by atoms with E-state index < -0.39 is 0 Å². The summed E-state index contributed by atoms with van der Waals surface area (Å²) >= 11 is 0. The Balaban J connectivity index is 1.68. The third kappa shape index (κ3) is 5.44. The van der Waals surface area contributed by atoms with E-state index in [0.717, 1.165) is 79.7 Å². The van der Waals surface area contributed by atoms with Crippen LogP contribution in [0.15, 0.2) is 47.3 Å². The number of ketones is 1. The number of nitrogens with one attached hydrogen (secondary N) is 2. The topological polar surface area (TPSA) is 74.3 Å². The van der Waals surface area contributed by atoms with E-state index in [1.54, 1.807) is 6.20 Å². The molecule has 1 aromatic heterocycles.